The number of carbonyl (C=O) groups excluding carboxylic acids is 2. The molecule has 11 heteroatoms. The van der Waals surface area contributed by atoms with Crippen molar-refractivity contribution in [1.29, 1.82) is 0 Å². The number of aliphatic hydroxyl groups is 1. The number of amides is 1. The summed E-state index contributed by atoms with van der Waals surface area (Å²) in [6.07, 6.45) is 5.77. The number of hydrogen-bond acceptors (Lipinski definition) is 9. The third kappa shape index (κ3) is 3.87. The molecule has 0 spiro atoms. The van der Waals surface area contributed by atoms with Crippen molar-refractivity contribution in [3.8, 4) is 23.0 Å². The van der Waals surface area contributed by atoms with E-state index in [1.165, 1.54) is 30.5 Å². The molecule has 35 heavy (non-hydrogen) atoms. The van der Waals surface area contributed by atoms with Crippen LogP contribution < -0.4 is 18.9 Å². The van der Waals surface area contributed by atoms with Gasteiger partial charge in [0.15, 0.2) is 17.3 Å². The highest BCUT2D eigenvalue weighted by molar-refractivity contribution is 7.12. The van der Waals surface area contributed by atoms with Crippen LogP contribution in [0.2, 0.25) is 0 Å². The van der Waals surface area contributed by atoms with E-state index >= 15 is 0 Å². The Kier molecular flexibility index (Phi) is 6.08. The highest BCUT2D eigenvalue weighted by Gasteiger charge is 2.46. The van der Waals surface area contributed by atoms with E-state index in [0.29, 0.717) is 40.7 Å². The molecule has 0 radical (unpaired) electrons. The van der Waals surface area contributed by atoms with Crippen molar-refractivity contribution in [2.24, 2.45) is 0 Å². The van der Waals surface area contributed by atoms with Crippen LogP contribution in [0.25, 0.3) is 0 Å². The highest BCUT2D eigenvalue weighted by atomic mass is 32.1. The lowest BCUT2D eigenvalue weighted by atomic mass is 9.93. The number of imidazole rings is 1. The lowest BCUT2D eigenvalue weighted by Gasteiger charge is -2.28. The van der Waals surface area contributed by atoms with E-state index in [2.05, 4.69) is 4.98 Å². The second kappa shape index (κ2) is 9.34. The number of ketones is 1. The molecule has 0 bridgehead atoms. The number of methoxy groups -OCH3 is 2. The maximum atomic E-state index is 13.5. The Balaban J connectivity index is 1.60. The summed E-state index contributed by atoms with van der Waals surface area (Å²) in [5.74, 6) is -0.264. The van der Waals surface area contributed by atoms with Gasteiger partial charge in [0.25, 0.3) is 5.91 Å². The van der Waals surface area contributed by atoms with Gasteiger partial charge in [0, 0.05) is 31.0 Å². The Bertz CT molecular complexity index is 1280. The van der Waals surface area contributed by atoms with E-state index in [4.69, 9.17) is 18.9 Å². The van der Waals surface area contributed by atoms with Crippen molar-refractivity contribution in [3.05, 3.63) is 64.1 Å². The molecule has 2 aliphatic heterocycles. The molecule has 1 atom stereocenters. The molecule has 4 heterocycles. The summed E-state index contributed by atoms with van der Waals surface area (Å²) in [7, 11) is 2.94. The molecule has 0 saturated heterocycles. The van der Waals surface area contributed by atoms with Gasteiger partial charge in [-0.05, 0) is 23.9 Å². The number of Topliss-reactive ketones (excluding diaryl/α,β-unsaturated/α-hetero) is 1. The van der Waals surface area contributed by atoms with Gasteiger partial charge in [-0.1, -0.05) is 6.07 Å². The molecule has 10 nitrogen and oxygen atoms in total. The van der Waals surface area contributed by atoms with Crippen molar-refractivity contribution >= 4 is 23.0 Å². The van der Waals surface area contributed by atoms with Crippen molar-refractivity contribution in [1.82, 2.24) is 14.5 Å². The number of benzene rings is 1. The molecule has 5 rings (SSSR count). The fraction of sp³-hybridized carbons (Fsp3) is 0.292. The Morgan fingerprint density at radius 3 is 2.77 bits per heavy atom. The molecular weight excluding hydrogens is 474 g/mol. The van der Waals surface area contributed by atoms with E-state index in [1.54, 1.807) is 36.1 Å². The number of rotatable bonds is 9. The van der Waals surface area contributed by atoms with Gasteiger partial charge in [0.2, 0.25) is 24.1 Å². The van der Waals surface area contributed by atoms with Gasteiger partial charge in [-0.15, -0.1) is 11.3 Å². The summed E-state index contributed by atoms with van der Waals surface area (Å²) >= 11 is 1.24. The van der Waals surface area contributed by atoms with Gasteiger partial charge in [-0.3, -0.25) is 9.59 Å². The van der Waals surface area contributed by atoms with Crippen LogP contribution in [-0.2, 0) is 11.3 Å². The molecule has 0 aliphatic carbocycles. The minimum atomic E-state index is -0.918. The minimum absolute atomic E-state index is 0.00140. The average molecular weight is 498 g/mol. The Morgan fingerprint density at radius 1 is 1.26 bits per heavy atom. The number of thiophene rings is 1. The maximum absolute atomic E-state index is 13.5. The monoisotopic (exact) mass is 497 g/mol. The van der Waals surface area contributed by atoms with E-state index in [-0.39, 0.29) is 24.7 Å². The van der Waals surface area contributed by atoms with Crippen LogP contribution in [0.5, 0.6) is 23.0 Å². The fourth-order valence-corrected chi connectivity index (χ4v) is 5.11. The van der Waals surface area contributed by atoms with Crippen LogP contribution in [0.1, 0.15) is 27.7 Å². The van der Waals surface area contributed by atoms with Crippen molar-refractivity contribution in [2.75, 3.05) is 27.6 Å². The lowest BCUT2D eigenvalue weighted by molar-refractivity contribution is -0.129. The van der Waals surface area contributed by atoms with Crippen LogP contribution >= 0.6 is 11.3 Å². The zero-order valence-electron chi connectivity index (χ0n) is 19.1. The second-order valence-electron chi connectivity index (χ2n) is 7.89. The highest BCUT2D eigenvalue weighted by Crippen LogP contribution is 2.53. The number of aromatic nitrogens is 2. The molecule has 2 aromatic heterocycles. The summed E-state index contributed by atoms with van der Waals surface area (Å²) in [5, 5.41) is 12.7. The third-order valence-corrected chi connectivity index (χ3v) is 6.84. The summed E-state index contributed by atoms with van der Waals surface area (Å²) in [6.45, 7) is 0.874. The first kappa shape index (κ1) is 22.8. The van der Waals surface area contributed by atoms with E-state index in [0.717, 1.165) is 0 Å². The molecule has 0 unspecified atom stereocenters. The van der Waals surface area contributed by atoms with Gasteiger partial charge < -0.3 is 33.5 Å². The smallest absolute Gasteiger partial charge is 0.290 e. The summed E-state index contributed by atoms with van der Waals surface area (Å²) < 4.78 is 24.3. The van der Waals surface area contributed by atoms with Crippen LogP contribution in [0.15, 0.2) is 53.6 Å². The molecule has 1 N–H and O–H groups in total. The number of hydrogen-bond donors (Lipinski definition) is 1. The largest absolute Gasteiger partial charge is 0.503 e. The molecule has 2 aliphatic rings. The zero-order chi connectivity index (χ0) is 24.5. The van der Waals surface area contributed by atoms with Gasteiger partial charge in [-0.25, -0.2) is 4.98 Å². The van der Waals surface area contributed by atoms with Crippen LogP contribution in [0, 0.1) is 0 Å². The van der Waals surface area contributed by atoms with E-state index in [1.807, 2.05) is 10.8 Å². The normalized spacial score (nSPS) is 16.8. The maximum Gasteiger partial charge on any atom is 0.290 e. The SMILES string of the molecule is COc1c([C@H]2C(C(=O)c3cccs3)=C(O)C(=O)N2CCCn2ccnc2)cc2c(c1OC)OCO2. The Hall–Kier alpha value is -3.99. The average Bonchev–Trinajstić information content (AvgIpc) is 3.67. The minimum Gasteiger partial charge on any atom is -0.503 e. The number of carbonyl (C=O) groups is 2. The van der Waals surface area contributed by atoms with Crippen molar-refractivity contribution in [2.45, 2.75) is 19.0 Å². The lowest BCUT2D eigenvalue weighted by Crippen LogP contribution is -2.32. The van der Waals surface area contributed by atoms with E-state index in [9.17, 15) is 14.7 Å². The number of nitrogens with zero attached hydrogens (tertiary/aromatic N) is 3. The molecule has 182 valence electrons. The number of ether oxygens (including phenoxy) is 4. The zero-order valence-corrected chi connectivity index (χ0v) is 19.9. The number of aryl methyl sites for hydroxylation is 1. The van der Waals surface area contributed by atoms with Gasteiger partial charge in [0.1, 0.15) is 0 Å². The molecule has 3 aromatic rings. The van der Waals surface area contributed by atoms with E-state index < -0.39 is 23.5 Å². The standard InChI is InChI=1S/C24H23N3O7S/c1-31-21-14(11-15-22(23(21)32-2)34-13-33-15)18-17(19(28)16-5-3-10-35-16)20(29)24(30)27(18)8-4-7-26-9-6-25-12-26/h3,5-6,9-12,18,29H,4,7-8,13H2,1-2H3/t18-/m0/s1. The van der Waals surface area contributed by atoms with Gasteiger partial charge in [0.05, 0.1) is 37.0 Å². The van der Waals surface area contributed by atoms with Gasteiger partial charge in [-0.2, -0.15) is 0 Å². The first-order valence-electron chi connectivity index (χ1n) is 10.9. The topological polar surface area (TPSA) is 112 Å². The molecule has 1 aromatic carbocycles. The van der Waals surface area contributed by atoms with Crippen LogP contribution in [0.3, 0.4) is 0 Å². The fourth-order valence-electron chi connectivity index (χ4n) is 4.44. The first-order valence-corrected chi connectivity index (χ1v) is 11.8. The van der Waals surface area contributed by atoms with Crippen LogP contribution in [0.4, 0.5) is 0 Å². The van der Waals surface area contributed by atoms with Gasteiger partial charge >= 0.3 is 0 Å². The molecule has 1 amide bonds. The van der Waals surface area contributed by atoms with Crippen molar-refractivity contribution in [3.63, 3.8) is 0 Å². The summed E-state index contributed by atoms with van der Waals surface area (Å²) in [6, 6.07) is 4.16. The third-order valence-electron chi connectivity index (χ3n) is 5.97. The predicted octanol–water partition coefficient (Wildman–Crippen LogP) is 3.36. The number of aliphatic hydroxyl groups excluding tert-OH is 1. The van der Waals surface area contributed by atoms with Crippen molar-refractivity contribution < 1.29 is 33.6 Å². The van der Waals surface area contributed by atoms with Crippen LogP contribution in [-0.4, -0.2) is 58.8 Å². The number of fused-ring (bicyclic) bond motifs is 1. The quantitative estimate of drug-likeness (QED) is 0.448. The molecular formula is C24H23N3O7S. The Morgan fingerprint density at radius 2 is 2.09 bits per heavy atom. The molecule has 0 fully saturated rings. The first-order chi connectivity index (χ1) is 17.0. The Labute approximate surface area is 204 Å². The second-order valence-corrected chi connectivity index (χ2v) is 8.84. The molecule has 0 saturated carbocycles. The predicted molar refractivity (Wildman–Crippen MR) is 125 cm³/mol. The summed E-state index contributed by atoms with van der Waals surface area (Å²) in [4.78, 5) is 32.7. The summed E-state index contributed by atoms with van der Waals surface area (Å²) in [5.41, 5.74) is 0.438.